The molecule has 3 nitrogen and oxygen atoms in total. The van der Waals surface area contributed by atoms with Crippen molar-refractivity contribution in [1.29, 1.82) is 0 Å². The van der Waals surface area contributed by atoms with Crippen molar-refractivity contribution in [3.63, 3.8) is 0 Å². The van der Waals surface area contributed by atoms with Gasteiger partial charge in [0, 0.05) is 50.9 Å². The molecule has 0 saturated heterocycles. The molecule has 5 rings (SSSR count). The molecule has 2 heterocycles. The predicted octanol–water partition coefficient (Wildman–Crippen LogP) is 6.10. The van der Waals surface area contributed by atoms with Gasteiger partial charge >= 0.3 is 0 Å². The van der Waals surface area contributed by atoms with Crippen LogP contribution in [-0.2, 0) is 0 Å². The minimum atomic E-state index is 0.726. The van der Waals surface area contributed by atoms with Crippen molar-refractivity contribution in [3.05, 3.63) is 84.2 Å². The average molecular weight is 350 g/mol. The van der Waals surface area contributed by atoms with Gasteiger partial charge in [0.15, 0.2) is 6.29 Å². The number of nitrogens with one attached hydrogen (secondary N) is 2. The van der Waals surface area contributed by atoms with E-state index in [0.717, 1.165) is 61.5 Å². The van der Waals surface area contributed by atoms with E-state index in [1.165, 1.54) is 0 Å². The number of benzene rings is 3. The molecule has 2 N–H and O–H groups in total. The molecule has 0 fully saturated rings. The molecule has 0 bridgehead atoms. The molecule has 3 aromatic carbocycles. The molecule has 0 radical (unpaired) electrons. The monoisotopic (exact) mass is 350 g/mol. The second-order valence-electron chi connectivity index (χ2n) is 6.83. The standard InChI is InChI=1S/C24H18N2O/c1-15-10-11-16(19-12-25-22-8-4-2-6-17(19)22)21(14-27)24(15)20-13-26-23-9-5-3-7-18(20)23/h2-14,25-26H,1H3. The fourth-order valence-corrected chi connectivity index (χ4v) is 4.02. The normalized spacial score (nSPS) is 11.3. The second-order valence-corrected chi connectivity index (χ2v) is 6.83. The summed E-state index contributed by atoms with van der Waals surface area (Å²) in [5, 5.41) is 2.24. The number of hydrogen-bond donors (Lipinski definition) is 2. The highest BCUT2D eigenvalue weighted by Gasteiger charge is 2.18. The van der Waals surface area contributed by atoms with E-state index in [1.54, 1.807) is 0 Å². The summed E-state index contributed by atoms with van der Waals surface area (Å²) in [5.74, 6) is 0. The number of aromatic amines is 2. The third-order valence-corrected chi connectivity index (χ3v) is 5.31. The smallest absolute Gasteiger partial charge is 0.151 e. The molecular formula is C24H18N2O. The Bertz CT molecular complexity index is 1310. The largest absolute Gasteiger partial charge is 0.361 e. The van der Waals surface area contributed by atoms with E-state index >= 15 is 0 Å². The van der Waals surface area contributed by atoms with E-state index in [-0.39, 0.29) is 0 Å². The summed E-state index contributed by atoms with van der Waals surface area (Å²) >= 11 is 0. The van der Waals surface area contributed by atoms with Crippen LogP contribution in [0.15, 0.2) is 73.1 Å². The van der Waals surface area contributed by atoms with Gasteiger partial charge in [-0.05, 0) is 35.7 Å². The molecular weight excluding hydrogens is 332 g/mol. The zero-order valence-corrected chi connectivity index (χ0v) is 14.9. The van der Waals surface area contributed by atoms with Crippen LogP contribution in [0.2, 0.25) is 0 Å². The van der Waals surface area contributed by atoms with Crippen LogP contribution in [-0.4, -0.2) is 16.3 Å². The van der Waals surface area contributed by atoms with Crippen molar-refractivity contribution in [3.8, 4) is 22.3 Å². The summed E-state index contributed by atoms with van der Waals surface area (Å²) in [6, 6.07) is 20.5. The lowest BCUT2D eigenvalue weighted by atomic mass is 9.89. The molecule has 27 heavy (non-hydrogen) atoms. The number of para-hydroxylation sites is 2. The lowest BCUT2D eigenvalue weighted by Gasteiger charge is -2.13. The van der Waals surface area contributed by atoms with Crippen molar-refractivity contribution in [2.45, 2.75) is 6.92 Å². The number of H-pyrrole nitrogens is 2. The van der Waals surface area contributed by atoms with Crippen LogP contribution < -0.4 is 0 Å². The van der Waals surface area contributed by atoms with Crippen LogP contribution in [0.4, 0.5) is 0 Å². The maximum atomic E-state index is 12.2. The molecule has 0 spiro atoms. The summed E-state index contributed by atoms with van der Waals surface area (Å²) in [4.78, 5) is 18.9. The first kappa shape index (κ1) is 15.6. The molecule has 5 aromatic rings. The number of fused-ring (bicyclic) bond motifs is 2. The van der Waals surface area contributed by atoms with Gasteiger partial charge in [0.25, 0.3) is 0 Å². The minimum absolute atomic E-state index is 0.726. The topological polar surface area (TPSA) is 48.6 Å². The maximum Gasteiger partial charge on any atom is 0.151 e. The SMILES string of the molecule is Cc1ccc(-c2c[nH]c3ccccc23)c(C=O)c1-c1c[nH]c2ccccc12. The van der Waals surface area contributed by atoms with E-state index in [9.17, 15) is 4.79 Å². The zero-order chi connectivity index (χ0) is 18.4. The third-order valence-electron chi connectivity index (χ3n) is 5.31. The van der Waals surface area contributed by atoms with E-state index in [4.69, 9.17) is 0 Å². The Hall–Kier alpha value is -3.59. The Morgan fingerprint density at radius 1 is 0.704 bits per heavy atom. The quantitative estimate of drug-likeness (QED) is 0.379. The molecule has 0 unspecified atom stereocenters. The van der Waals surface area contributed by atoms with Crippen molar-refractivity contribution in [2.75, 3.05) is 0 Å². The van der Waals surface area contributed by atoms with Gasteiger partial charge in [0.2, 0.25) is 0 Å². The first-order chi connectivity index (χ1) is 13.3. The Labute approximate surface area is 156 Å². The lowest BCUT2D eigenvalue weighted by Crippen LogP contribution is -1.95. The van der Waals surface area contributed by atoms with Crippen LogP contribution in [0, 0.1) is 6.92 Å². The number of carbonyl (C=O) groups excluding carboxylic acids is 1. The Kier molecular flexibility index (Phi) is 3.47. The molecule has 0 aliphatic rings. The Morgan fingerprint density at radius 3 is 1.96 bits per heavy atom. The Balaban J connectivity index is 1.83. The van der Waals surface area contributed by atoms with Gasteiger partial charge < -0.3 is 9.97 Å². The zero-order valence-electron chi connectivity index (χ0n) is 14.9. The van der Waals surface area contributed by atoms with Crippen LogP contribution in [0.1, 0.15) is 15.9 Å². The highest BCUT2D eigenvalue weighted by molar-refractivity contribution is 6.07. The van der Waals surface area contributed by atoms with Gasteiger partial charge in [0.1, 0.15) is 0 Å². The van der Waals surface area contributed by atoms with E-state index < -0.39 is 0 Å². The maximum absolute atomic E-state index is 12.2. The van der Waals surface area contributed by atoms with Gasteiger partial charge in [-0.1, -0.05) is 48.5 Å². The molecule has 0 amide bonds. The van der Waals surface area contributed by atoms with Crippen molar-refractivity contribution >= 4 is 28.1 Å². The van der Waals surface area contributed by atoms with Crippen molar-refractivity contribution in [1.82, 2.24) is 9.97 Å². The molecule has 0 atom stereocenters. The summed E-state index contributed by atoms with van der Waals surface area (Å²) in [7, 11) is 0. The van der Waals surface area contributed by atoms with E-state index in [2.05, 4.69) is 41.2 Å². The van der Waals surface area contributed by atoms with Crippen molar-refractivity contribution < 1.29 is 4.79 Å². The summed E-state index contributed by atoms with van der Waals surface area (Å²) in [6.45, 7) is 2.06. The number of aromatic nitrogens is 2. The van der Waals surface area contributed by atoms with Crippen LogP contribution >= 0.6 is 0 Å². The van der Waals surface area contributed by atoms with E-state index in [1.807, 2.05) is 48.8 Å². The highest BCUT2D eigenvalue weighted by atomic mass is 16.1. The van der Waals surface area contributed by atoms with Gasteiger partial charge in [-0.25, -0.2) is 0 Å². The molecule has 130 valence electrons. The average Bonchev–Trinajstić information content (AvgIpc) is 3.32. The fourth-order valence-electron chi connectivity index (χ4n) is 4.02. The van der Waals surface area contributed by atoms with Crippen LogP contribution in [0.3, 0.4) is 0 Å². The molecule has 0 saturated carbocycles. The number of rotatable bonds is 3. The van der Waals surface area contributed by atoms with Gasteiger partial charge in [-0.3, -0.25) is 4.79 Å². The number of hydrogen-bond acceptors (Lipinski definition) is 1. The summed E-state index contributed by atoms with van der Waals surface area (Å²) in [5.41, 5.74) is 8.01. The molecule has 0 aliphatic carbocycles. The third kappa shape index (κ3) is 2.32. The number of aldehydes is 1. The number of carbonyl (C=O) groups is 1. The first-order valence-electron chi connectivity index (χ1n) is 8.99. The molecule has 3 heteroatoms. The van der Waals surface area contributed by atoms with Gasteiger partial charge in [0.05, 0.1) is 0 Å². The second kappa shape index (κ2) is 5.99. The first-order valence-corrected chi connectivity index (χ1v) is 8.99. The van der Waals surface area contributed by atoms with Crippen LogP contribution in [0.5, 0.6) is 0 Å². The molecule has 0 aliphatic heterocycles. The summed E-state index contributed by atoms with van der Waals surface area (Å²) in [6.07, 6.45) is 4.97. The number of aryl methyl sites for hydroxylation is 1. The summed E-state index contributed by atoms with van der Waals surface area (Å²) < 4.78 is 0. The van der Waals surface area contributed by atoms with E-state index in [0.29, 0.717) is 0 Å². The predicted molar refractivity (Wildman–Crippen MR) is 111 cm³/mol. The fraction of sp³-hybridized carbons (Fsp3) is 0.0417. The minimum Gasteiger partial charge on any atom is -0.361 e. The van der Waals surface area contributed by atoms with Crippen molar-refractivity contribution in [2.24, 2.45) is 0 Å². The highest BCUT2D eigenvalue weighted by Crippen LogP contribution is 2.39. The van der Waals surface area contributed by atoms with Gasteiger partial charge in [-0.15, -0.1) is 0 Å². The van der Waals surface area contributed by atoms with Gasteiger partial charge in [-0.2, -0.15) is 0 Å². The Morgan fingerprint density at radius 2 is 1.30 bits per heavy atom. The lowest BCUT2D eigenvalue weighted by molar-refractivity contribution is 0.112. The van der Waals surface area contributed by atoms with Crippen LogP contribution in [0.25, 0.3) is 44.1 Å². The molecule has 2 aromatic heterocycles.